The third-order valence-electron chi connectivity index (χ3n) is 2.55. The molecule has 0 spiro atoms. The number of benzene rings is 1. The first-order chi connectivity index (χ1) is 8.34. The summed E-state index contributed by atoms with van der Waals surface area (Å²) in [5, 5.41) is 11.2. The number of hydrogen-bond donors (Lipinski definition) is 1. The Morgan fingerprint density at radius 1 is 1.33 bits per heavy atom. The van der Waals surface area contributed by atoms with Gasteiger partial charge < -0.3 is 5.32 Å². The van der Waals surface area contributed by atoms with E-state index in [2.05, 4.69) is 21.2 Å². The van der Waals surface area contributed by atoms with Crippen LogP contribution in [0.4, 0.5) is 13.2 Å². The van der Waals surface area contributed by atoms with Gasteiger partial charge >= 0.3 is 6.18 Å². The molecule has 0 saturated carbocycles. The van der Waals surface area contributed by atoms with Gasteiger partial charge in [-0.25, -0.2) is 0 Å². The molecule has 0 aromatic heterocycles. The Balaban J connectivity index is 2.58. The zero-order valence-electron chi connectivity index (χ0n) is 9.63. The molecule has 0 aliphatic rings. The fraction of sp³-hybridized carbons (Fsp3) is 0.417. The third-order valence-corrected chi connectivity index (χ3v) is 3.08. The zero-order valence-corrected chi connectivity index (χ0v) is 11.2. The first-order valence-corrected chi connectivity index (χ1v) is 6.09. The van der Waals surface area contributed by atoms with E-state index in [9.17, 15) is 13.2 Å². The van der Waals surface area contributed by atoms with Gasteiger partial charge in [-0.15, -0.1) is 0 Å². The monoisotopic (exact) mass is 320 g/mol. The molecule has 1 rings (SSSR count). The van der Waals surface area contributed by atoms with Crippen LogP contribution in [0.1, 0.15) is 18.5 Å². The minimum atomic E-state index is -4.48. The molecule has 0 aliphatic heterocycles. The molecular weight excluding hydrogens is 309 g/mol. The third kappa shape index (κ3) is 4.31. The number of halogens is 4. The van der Waals surface area contributed by atoms with Crippen LogP contribution in [-0.4, -0.2) is 12.7 Å². The Kier molecular flexibility index (Phi) is 5.17. The lowest BCUT2D eigenvalue weighted by atomic mass is 10.1. The van der Waals surface area contributed by atoms with Crippen molar-refractivity contribution in [2.45, 2.75) is 19.1 Å². The van der Waals surface area contributed by atoms with Gasteiger partial charge in [0.2, 0.25) is 0 Å². The Bertz CT molecular complexity index is 422. The van der Waals surface area contributed by atoms with E-state index in [1.165, 1.54) is 6.07 Å². The van der Waals surface area contributed by atoms with Crippen LogP contribution < -0.4 is 5.32 Å². The van der Waals surface area contributed by atoms with Gasteiger partial charge in [-0.2, -0.15) is 18.4 Å². The summed E-state index contributed by atoms with van der Waals surface area (Å²) in [5.41, 5.74) is 0.872. The Morgan fingerprint density at radius 2 is 1.89 bits per heavy atom. The first-order valence-electron chi connectivity index (χ1n) is 5.29. The summed E-state index contributed by atoms with van der Waals surface area (Å²) in [6.07, 6.45) is -4.48. The van der Waals surface area contributed by atoms with Gasteiger partial charge in [-0.1, -0.05) is 28.1 Å². The van der Waals surface area contributed by atoms with E-state index in [4.69, 9.17) is 5.26 Å². The number of rotatable bonds is 4. The molecule has 0 amide bonds. The van der Waals surface area contributed by atoms with Gasteiger partial charge in [-0.3, -0.25) is 0 Å². The quantitative estimate of drug-likeness (QED) is 0.915. The number of alkyl halides is 3. The second kappa shape index (κ2) is 6.21. The number of nitrogens with one attached hydrogen (secondary N) is 1. The molecule has 1 unspecified atom stereocenters. The lowest BCUT2D eigenvalue weighted by Crippen LogP contribution is -2.33. The summed E-state index contributed by atoms with van der Waals surface area (Å²) in [5.74, 6) is -1.98. The van der Waals surface area contributed by atoms with Crippen molar-refractivity contribution in [2.24, 2.45) is 5.92 Å². The summed E-state index contributed by atoms with van der Waals surface area (Å²) < 4.78 is 38.0. The fourth-order valence-electron chi connectivity index (χ4n) is 1.40. The highest BCUT2D eigenvalue weighted by Gasteiger charge is 2.39. The molecule has 1 N–H and O–H groups in total. The van der Waals surface area contributed by atoms with Crippen LogP contribution in [0.25, 0.3) is 0 Å². The Morgan fingerprint density at radius 3 is 2.33 bits per heavy atom. The fourth-order valence-corrected chi connectivity index (χ4v) is 1.66. The van der Waals surface area contributed by atoms with E-state index < -0.39 is 18.6 Å². The van der Waals surface area contributed by atoms with Gasteiger partial charge in [-0.05, 0) is 24.6 Å². The van der Waals surface area contributed by atoms with E-state index in [0.717, 1.165) is 10.0 Å². The molecule has 18 heavy (non-hydrogen) atoms. The van der Waals surface area contributed by atoms with Crippen molar-refractivity contribution >= 4 is 15.9 Å². The van der Waals surface area contributed by atoms with Crippen LogP contribution in [0.15, 0.2) is 28.7 Å². The van der Waals surface area contributed by atoms with Crippen molar-refractivity contribution in [3.8, 4) is 6.07 Å². The predicted octanol–water partition coefficient (Wildman–Crippen LogP) is 3.80. The maximum Gasteiger partial charge on any atom is 0.405 e. The van der Waals surface area contributed by atoms with E-state index in [-0.39, 0.29) is 6.04 Å². The molecule has 0 saturated heterocycles. The second-order valence-corrected chi connectivity index (χ2v) is 4.82. The Labute approximate surface area is 112 Å². The minimum Gasteiger partial charge on any atom is -0.309 e. The normalized spacial score (nSPS) is 14.9. The molecule has 0 radical (unpaired) electrons. The van der Waals surface area contributed by atoms with Crippen LogP contribution in [-0.2, 0) is 0 Å². The average Bonchev–Trinajstić information content (AvgIpc) is 2.28. The van der Waals surface area contributed by atoms with Crippen molar-refractivity contribution in [1.29, 1.82) is 5.26 Å². The van der Waals surface area contributed by atoms with Gasteiger partial charge in [0.15, 0.2) is 5.92 Å². The molecule has 0 heterocycles. The largest absolute Gasteiger partial charge is 0.405 e. The van der Waals surface area contributed by atoms with Crippen LogP contribution in [0, 0.1) is 17.2 Å². The maximum absolute atomic E-state index is 12.4. The summed E-state index contributed by atoms with van der Waals surface area (Å²) in [6, 6.07) is 8.29. The van der Waals surface area contributed by atoms with E-state index in [0.29, 0.717) is 0 Å². The standard InChI is InChI=1S/C12H12BrF3N2/c1-8(9-2-4-11(13)5-3-9)18-7-10(6-17)12(14,15)16/h2-5,8,10,18H,7H2,1H3/t8-,10?/m1/s1. The van der Waals surface area contributed by atoms with Crippen molar-refractivity contribution in [2.75, 3.05) is 6.54 Å². The summed E-state index contributed by atoms with van der Waals surface area (Å²) in [7, 11) is 0. The second-order valence-electron chi connectivity index (χ2n) is 3.90. The number of nitrogens with zero attached hydrogens (tertiary/aromatic N) is 1. The van der Waals surface area contributed by atoms with E-state index in [1.54, 1.807) is 6.92 Å². The SMILES string of the molecule is C[C@@H](NCC(C#N)C(F)(F)F)c1ccc(Br)cc1. The van der Waals surface area contributed by atoms with Crippen molar-refractivity contribution in [3.63, 3.8) is 0 Å². The van der Waals surface area contributed by atoms with Crippen molar-refractivity contribution < 1.29 is 13.2 Å². The Hall–Kier alpha value is -1.06. The molecule has 98 valence electrons. The van der Waals surface area contributed by atoms with Crippen molar-refractivity contribution in [1.82, 2.24) is 5.32 Å². The van der Waals surface area contributed by atoms with Gasteiger partial charge in [0.05, 0.1) is 6.07 Å². The smallest absolute Gasteiger partial charge is 0.309 e. The maximum atomic E-state index is 12.4. The highest BCUT2D eigenvalue weighted by atomic mass is 79.9. The average molecular weight is 321 g/mol. The van der Waals surface area contributed by atoms with E-state index >= 15 is 0 Å². The number of nitriles is 1. The van der Waals surface area contributed by atoms with E-state index in [1.807, 2.05) is 24.3 Å². The van der Waals surface area contributed by atoms with Crippen molar-refractivity contribution in [3.05, 3.63) is 34.3 Å². The molecule has 1 aromatic carbocycles. The molecule has 0 aliphatic carbocycles. The molecule has 0 bridgehead atoms. The molecule has 2 atom stereocenters. The minimum absolute atomic E-state index is 0.240. The van der Waals surface area contributed by atoms with Crippen LogP contribution in [0.3, 0.4) is 0 Å². The molecule has 2 nitrogen and oxygen atoms in total. The molecule has 1 aromatic rings. The zero-order chi connectivity index (χ0) is 13.8. The summed E-state index contributed by atoms with van der Waals surface area (Å²) in [6.45, 7) is 1.35. The predicted molar refractivity (Wildman–Crippen MR) is 65.7 cm³/mol. The number of hydrogen-bond acceptors (Lipinski definition) is 2. The summed E-state index contributed by atoms with van der Waals surface area (Å²) in [4.78, 5) is 0. The molecule has 0 fully saturated rings. The lowest BCUT2D eigenvalue weighted by molar-refractivity contribution is -0.157. The highest BCUT2D eigenvalue weighted by Crippen LogP contribution is 2.25. The van der Waals surface area contributed by atoms with Gasteiger partial charge in [0, 0.05) is 17.1 Å². The topological polar surface area (TPSA) is 35.8 Å². The molecular formula is C12H12BrF3N2. The summed E-state index contributed by atoms with van der Waals surface area (Å²) >= 11 is 3.28. The molecule has 6 heteroatoms. The van der Waals surface area contributed by atoms with Crippen LogP contribution in [0.5, 0.6) is 0 Å². The van der Waals surface area contributed by atoms with Crippen LogP contribution in [0.2, 0.25) is 0 Å². The van der Waals surface area contributed by atoms with Gasteiger partial charge in [0.25, 0.3) is 0 Å². The van der Waals surface area contributed by atoms with Gasteiger partial charge in [0.1, 0.15) is 0 Å². The van der Waals surface area contributed by atoms with Crippen LogP contribution >= 0.6 is 15.9 Å². The lowest BCUT2D eigenvalue weighted by Gasteiger charge is -2.18. The first kappa shape index (κ1) is 15.0. The highest BCUT2D eigenvalue weighted by molar-refractivity contribution is 9.10.